The molecule has 94 valence electrons. The molecule has 0 bridgehead atoms. The van der Waals surface area contributed by atoms with Crippen molar-refractivity contribution < 1.29 is 13.5 Å². The van der Waals surface area contributed by atoms with E-state index in [1.807, 2.05) is 19.2 Å². The monoisotopic (exact) mass is 265 g/mol. The van der Waals surface area contributed by atoms with Crippen LogP contribution in [0.5, 0.6) is 0 Å². The van der Waals surface area contributed by atoms with Gasteiger partial charge in [0.25, 0.3) is 0 Å². The Kier molecular flexibility index (Phi) is 2.76. The lowest BCUT2D eigenvalue weighted by molar-refractivity contribution is 0.0718. The number of rotatable bonds is 1. The zero-order valence-electron chi connectivity index (χ0n) is 9.90. The van der Waals surface area contributed by atoms with Gasteiger partial charge in [-0.15, -0.1) is 0 Å². The van der Waals surface area contributed by atoms with Crippen molar-refractivity contribution in [3.05, 3.63) is 35.1 Å². The standard InChI is InChI=1S/C13H12ClNO3/c1-15-6-5-8-3-2-4-10-11(8)9(7-15)12(17-10)13(16)18-14/h2-4H,5-7H2,1H3. The van der Waals surface area contributed by atoms with Crippen molar-refractivity contribution in [2.45, 2.75) is 13.0 Å². The molecule has 1 aromatic carbocycles. The Morgan fingerprint density at radius 3 is 3.11 bits per heavy atom. The first kappa shape index (κ1) is 11.6. The lowest BCUT2D eigenvalue weighted by Crippen LogP contribution is -2.19. The van der Waals surface area contributed by atoms with Crippen molar-refractivity contribution in [3.63, 3.8) is 0 Å². The summed E-state index contributed by atoms with van der Waals surface area (Å²) in [6.45, 7) is 1.61. The number of likely N-dealkylation sites (N-methyl/N-ethyl adjacent to an activating group) is 1. The van der Waals surface area contributed by atoms with Crippen LogP contribution in [0.1, 0.15) is 21.7 Å². The molecular weight excluding hydrogens is 254 g/mol. The zero-order valence-corrected chi connectivity index (χ0v) is 10.7. The topological polar surface area (TPSA) is 42.7 Å². The van der Waals surface area contributed by atoms with Crippen LogP contribution in [-0.4, -0.2) is 24.5 Å². The largest absolute Gasteiger partial charge is 0.449 e. The lowest BCUT2D eigenvalue weighted by Gasteiger charge is -2.12. The van der Waals surface area contributed by atoms with Gasteiger partial charge in [-0.2, -0.15) is 0 Å². The summed E-state index contributed by atoms with van der Waals surface area (Å²) < 4.78 is 9.85. The van der Waals surface area contributed by atoms with Crippen LogP contribution in [-0.2, 0) is 17.3 Å². The molecule has 1 aliphatic heterocycles. The van der Waals surface area contributed by atoms with E-state index in [2.05, 4.69) is 15.3 Å². The number of halogens is 1. The molecule has 0 aliphatic carbocycles. The van der Waals surface area contributed by atoms with E-state index in [4.69, 9.17) is 16.3 Å². The number of hydrogen-bond donors (Lipinski definition) is 0. The van der Waals surface area contributed by atoms with Crippen LogP contribution in [0.2, 0.25) is 0 Å². The second kappa shape index (κ2) is 4.30. The number of carbonyl (C=O) groups excluding carboxylic acids is 1. The summed E-state index contributed by atoms with van der Waals surface area (Å²) in [5, 5.41) is 1.03. The van der Waals surface area contributed by atoms with Crippen molar-refractivity contribution in [2.75, 3.05) is 13.6 Å². The Bertz CT molecular complexity index is 620. The third kappa shape index (κ3) is 1.69. The van der Waals surface area contributed by atoms with Gasteiger partial charge in [-0.25, -0.2) is 4.79 Å². The third-order valence-electron chi connectivity index (χ3n) is 3.35. The molecule has 5 heteroatoms. The van der Waals surface area contributed by atoms with Crippen molar-refractivity contribution >= 4 is 28.8 Å². The summed E-state index contributed by atoms with van der Waals surface area (Å²) >= 11 is 5.15. The molecule has 0 amide bonds. The Labute approximate surface area is 109 Å². The first-order chi connectivity index (χ1) is 8.70. The van der Waals surface area contributed by atoms with E-state index in [1.165, 1.54) is 5.56 Å². The second-order valence-corrected chi connectivity index (χ2v) is 4.71. The number of nitrogens with zero attached hydrogens (tertiary/aromatic N) is 1. The van der Waals surface area contributed by atoms with Gasteiger partial charge in [0.05, 0.1) is 0 Å². The predicted molar refractivity (Wildman–Crippen MR) is 67.5 cm³/mol. The van der Waals surface area contributed by atoms with E-state index >= 15 is 0 Å². The number of carbonyl (C=O) groups is 1. The molecule has 0 radical (unpaired) electrons. The van der Waals surface area contributed by atoms with Crippen LogP contribution in [0.3, 0.4) is 0 Å². The highest BCUT2D eigenvalue weighted by Gasteiger charge is 2.26. The van der Waals surface area contributed by atoms with Crippen LogP contribution in [0.15, 0.2) is 22.6 Å². The minimum atomic E-state index is -0.635. The average molecular weight is 266 g/mol. The van der Waals surface area contributed by atoms with Gasteiger partial charge in [-0.3, -0.25) is 0 Å². The molecule has 2 heterocycles. The predicted octanol–water partition coefficient (Wildman–Crippen LogP) is 2.73. The maximum absolute atomic E-state index is 11.7. The Hall–Kier alpha value is -1.52. The van der Waals surface area contributed by atoms with Crippen molar-refractivity contribution in [3.8, 4) is 0 Å². The summed E-state index contributed by atoms with van der Waals surface area (Å²) in [5.74, 6) is -0.426. The summed E-state index contributed by atoms with van der Waals surface area (Å²) in [6.07, 6.45) is 0.940. The van der Waals surface area contributed by atoms with Crippen LogP contribution in [0.25, 0.3) is 11.0 Å². The molecule has 2 aromatic rings. The number of benzene rings is 1. The minimum Gasteiger partial charge on any atom is -0.449 e. The fourth-order valence-corrected chi connectivity index (χ4v) is 2.58. The van der Waals surface area contributed by atoms with Gasteiger partial charge in [0.1, 0.15) is 17.4 Å². The first-order valence-corrected chi connectivity index (χ1v) is 6.06. The molecule has 0 fully saturated rings. The summed E-state index contributed by atoms with van der Waals surface area (Å²) in [5.41, 5.74) is 2.78. The highest BCUT2D eigenvalue weighted by atomic mass is 35.5. The molecule has 0 saturated carbocycles. The third-order valence-corrected chi connectivity index (χ3v) is 3.49. The van der Waals surface area contributed by atoms with E-state index in [1.54, 1.807) is 0 Å². The van der Waals surface area contributed by atoms with Crippen molar-refractivity contribution in [1.29, 1.82) is 0 Å². The normalized spacial score (nSPS) is 15.7. The Morgan fingerprint density at radius 2 is 2.33 bits per heavy atom. The van der Waals surface area contributed by atoms with Crippen LogP contribution in [0.4, 0.5) is 0 Å². The average Bonchev–Trinajstić information content (AvgIpc) is 2.65. The quantitative estimate of drug-likeness (QED) is 0.795. The Morgan fingerprint density at radius 1 is 1.50 bits per heavy atom. The molecule has 1 aromatic heterocycles. The zero-order chi connectivity index (χ0) is 12.7. The van der Waals surface area contributed by atoms with E-state index in [0.717, 1.165) is 29.5 Å². The number of furan rings is 1. The van der Waals surface area contributed by atoms with Crippen LogP contribution < -0.4 is 0 Å². The summed E-state index contributed by atoms with van der Waals surface area (Å²) in [7, 11) is 2.01. The Balaban J connectivity index is 2.29. The van der Waals surface area contributed by atoms with Crippen molar-refractivity contribution in [1.82, 2.24) is 4.90 Å². The SMILES string of the molecule is CN1CCc2cccc3oc(C(=O)OCl)c(c23)C1. The van der Waals surface area contributed by atoms with Crippen LogP contribution in [0, 0.1) is 0 Å². The van der Waals surface area contributed by atoms with Crippen molar-refractivity contribution in [2.24, 2.45) is 0 Å². The molecule has 1 aliphatic rings. The number of hydrogen-bond acceptors (Lipinski definition) is 4. The smallest absolute Gasteiger partial charge is 0.392 e. The fraction of sp³-hybridized carbons (Fsp3) is 0.308. The molecule has 0 atom stereocenters. The molecule has 4 nitrogen and oxygen atoms in total. The lowest BCUT2D eigenvalue weighted by atomic mass is 10.0. The molecule has 0 unspecified atom stereocenters. The van der Waals surface area contributed by atoms with Gasteiger partial charge in [0, 0.05) is 24.0 Å². The van der Waals surface area contributed by atoms with E-state index in [-0.39, 0.29) is 5.76 Å². The van der Waals surface area contributed by atoms with Gasteiger partial charge < -0.3 is 13.6 Å². The molecule has 0 N–H and O–H groups in total. The minimum absolute atomic E-state index is 0.209. The molecule has 3 rings (SSSR count). The van der Waals surface area contributed by atoms with Gasteiger partial charge in [-0.1, -0.05) is 12.1 Å². The maximum Gasteiger partial charge on any atom is 0.392 e. The van der Waals surface area contributed by atoms with Crippen LogP contribution >= 0.6 is 11.9 Å². The molecule has 18 heavy (non-hydrogen) atoms. The highest BCUT2D eigenvalue weighted by molar-refractivity contribution is 6.16. The summed E-state index contributed by atoms with van der Waals surface area (Å²) in [6, 6.07) is 5.86. The molecule has 0 saturated heterocycles. The van der Waals surface area contributed by atoms with Gasteiger partial charge >= 0.3 is 5.97 Å². The van der Waals surface area contributed by atoms with Gasteiger partial charge in [0.2, 0.25) is 5.76 Å². The second-order valence-electron chi connectivity index (χ2n) is 4.55. The molecule has 0 spiro atoms. The molecular formula is C13H12ClNO3. The van der Waals surface area contributed by atoms with Gasteiger partial charge in [0.15, 0.2) is 0 Å². The van der Waals surface area contributed by atoms with E-state index in [0.29, 0.717) is 6.54 Å². The highest BCUT2D eigenvalue weighted by Crippen LogP contribution is 2.32. The maximum atomic E-state index is 11.7. The summed E-state index contributed by atoms with van der Waals surface area (Å²) in [4.78, 5) is 13.8. The van der Waals surface area contributed by atoms with E-state index < -0.39 is 5.97 Å². The first-order valence-electron chi connectivity index (χ1n) is 5.75. The van der Waals surface area contributed by atoms with E-state index in [9.17, 15) is 4.79 Å². The van der Waals surface area contributed by atoms with Gasteiger partial charge in [-0.05, 0) is 25.1 Å². The fourth-order valence-electron chi connectivity index (χ4n) is 2.51.